The van der Waals surface area contributed by atoms with Crippen molar-refractivity contribution in [1.29, 1.82) is 0 Å². The molecule has 2 atom stereocenters. The number of rotatable bonds is 4. The minimum absolute atomic E-state index is 0.0556. The first-order valence-corrected chi connectivity index (χ1v) is 15.1. The average molecular weight is 577 g/mol. The van der Waals surface area contributed by atoms with E-state index in [1.807, 2.05) is 42.5 Å². The lowest BCUT2D eigenvalue weighted by Gasteiger charge is -2.35. The van der Waals surface area contributed by atoms with Gasteiger partial charge in [0.05, 0.1) is 23.6 Å². The number of ether oxygens (including phenoxy) is 2. The Morgan fingerprint density at radius 2 is 1.71 bits per heavy atom. The first kappa shape index (κ1) is 28.4. The summed E-state index contributed by atoms with van der Waals surface area (Å²) >= 11 is 0. The number of anilines is 1. The van der Waals surface area contributed by atoms with Crippen LogP contribution >= 0.6 is 0 Å². The minimum Gasteiger partial charge on any atom is -0.465 e. The van der Waals surface area contributed by atoms with Crippen LogP contribution < -0.4 is 5.32 Å². The molecular weight excluding hydrogens is 544 g/mol. The second-order valence-electron chi connectivity index (χ2n) is 11.4. The molecule has 0 unspecified atom stereocenters. The van der Waals surface area contributed by atoms with Gasteiger partial charge in [-0.3, -0.25) is 9.69 Å². The normalized spacial score (nSPS) is 20.1. The van der Waals surface area contributed by atoms with Crippen LogP contribution in [0.3, 0.4) is 0 Å². The number of hydrogen-bond acceptors (Lipinski definition) is 7. The van der Waals surface area contributed by atoms with Gasteiger partial charge >= 0.3 is 12.1 Å². The van der Waals surface area contributed by atoms with Crippen molar-refractivity contribution in [3.63, 3.8) is 0 Å². The number of nitrogens with zero attached hydrogens (tertiary/aromatic N) is 1. The number of benzene rings is 3. The van der Waals surface area contributed by atoms with Crippen LogP contribution in [0.15, 0.2) is 71.6 Å². The van der Waals surface area contributed by atoms with Crippen molar-refractivity contribution in [3.05, 3.63) is 83.4 Å². The van der Waals surface area contributed by atoms with E-state index in [9.17, 15) is 22.8 Å². The van der Waals surface area contributed by atoms with Crippen LogP contribution in [0.5, 0.6) is 0 Å². The largest absolute Gasteiger partial charge is 0.465 e. The molecule has 3 aromatic rings. The minimum atomic E-state index is -3.76. The molecule has 1 saturated heterocycles. The van der Waals surface area contributed by atoms with Crippen molar-refractivity contribution in [1.82, 2.24) is 4.90 Å². The molecule has 0 radical (unpaired) electrons. The van der Waals surface area contributed by atoms with E-state index in [-0.39, 0.29) is 16.4 Å². The number of hydrogen-bond donors (Lipinski definition) is 1. The predicted octanol–water partition coefficient (Wildman–Crippen LogP) is 5.12. The van der Waals surface area contributed by atoms with E-state index in [1.165, 1.54) is 19.2 Å². The fourth-order valence-corrected chi connectivity index (χ4v) is 6.73. The van der Waals surface area contributed by atoms with Crippen LogP contribution in [0.1, 0.15) is 54.7 Å². The van der Waals surface area contributed by atoms with Gasteiger partial charge in [-0.1, -0.05) is 42.5 Å². The number of fused-ring (bicyclic) bond motifs is 2. The standard InChI is InChI=1S/C31H32N2O7S/c1-30(2,3)40-29(36)33-16-15-31(23-11-6-7-12-24(23)32-28(31)35)26(33)21-10-8-9-19(17-21)20-13-14-22(27(34)39-4)25(18-20)41(5,37)38/h6-14,17-18,26H,15-16H2,1-5H3,(H,32,35)/t26-,31-/m0/s1. The molecule has 5 rings (SSSR count). The second kappa shape index (κ2) is 10.0. The number of carbonyl (C=O) groups excluding carboxylic acids is 3. The van der Waals surface area contributed by atoms with Crippen LogP contribution in [0.4, 0.5) is 10.5 Å². The van der Waals surface area contributed by atoms with E-state index < -0.39 is 39.0 Å². The van der Waals surface area contributed by atoms with Crippen LogP contribution in [0.2, 0.25) is 0 Å². The average Bonchev–Trinajstić information content (AvgIpc) is 3.45. The van der Waals surface area contributed by atoms with Gasteiger partial charge in [-0.25, -0.2) is 18.0 Å². The third kappa shape index (κ3) is 4.97. The van der Waals surface area contributed by atoms with Crippen molar-refractivity contribution in [2.45, 2.75) is 49.1 Å². The number of esters is 1. The number of methoxy groups -OCH3 is 1. The quantitative estimate of drug-likeness (QED) is 0.429. The number of nitrogens with one attached hydrogen (secondary N) is 1. The number of amides is 2. The van der Waals surface area contributed by atoms with Gasteiger partial charge in [0.2, 0.25) is 5.91 Å². The zero-order valence-corrected chi connectivity index (χ0v) is 24.4. The number of para-hydroxylation sites is 1. The van der Waals surface area contributed by atoms with Gasteiger partial charge in [-0.15, -0.1) is 0 Å². The Balaban J connectivity index is 1.66. The molecule has 10 heteroatoms. The lowest BCUT2D eigenvalue weighted by molar-refractivity contribution is -0.121. The molecular formula is C31H32N2O7S. The van der Waals surface area contributed by atoms with Crippen LogP contribution in [0.25, 0.3) is 11.1 Å². The fourth-order valence-electron chi connectivity index (χ4n) is 5.84. The maximum absolute atomic E-state index is 13.7. The molecule has 2 aliphatic heterocycles. The van der Waals surface area contributed by atoms with Crippen molar-refractivity contribution in [2.75, 3.05) is 25.2 Å². The van der Waals surface area contributed by atoms with Crippen molar-refractivity contribution >= 4 is 33.5 Å². The fraction of sp³-hybridized carbons (Fsp3) is 0.323. The summed E-state index contributed by atoms with van der Waals surface area (Å²) < 4.78 is 35.7. The Hall–Kier alpha value is -4.18. The van der Waals surface area contributed by atoms with Gasteiger partial charge in [0.25, 0.3) is 0 Å². The Bertz CT molecular complexity index is 1680. The first-order valence-electron chi connectivity index (χ1n) is 13.2. The highest BCUT2D eigenvalue weighted by atomic mass is 32.2. The van der Waals surface area contributed by atoms with Gasteiger partial charge in [0, 0.05) is 18.5 Å². The Labute approximate surface area is 239 Å². The molecule has 0 aliphatic carbocycles. The van der Waals surface area contributed by atoms with Gasteiger partial charge in [-0.2, -0.15) is 0 Å². The highest BCUT2D eigenvalue weighted by molar-refractivity contribution is 7.90. The molecule has 2 heterocycles. The highest BCUT2D eigenvalue weighted by Crippen LogP contribution is 2.55. The van der Waals surface area contributed by atoms with Crippen LogP contribution in [-0.4, -0.2) is 56.8 Å². The van der Waals surface area contributed by atoms with E-state index in [0.717, 1.165) is 11.8 Å². The second-order valence-corrected chi connectivity index (χ2v) is 13.4. The lowest BCUT2D eigenvalue weighted by Crippen LogP contribution is -2.44. The predicted molar refractivity (Wildman–Crippen MR) is 153 cm³/mol. The molecule has 0 aromatic heterocycles. The Kier molecular flexibility index (Phi) is 6.93. The van der Waals surface area contributed by atoms with Crippen molar-refractivity contribution < 1.29 is 32.3 Å². The van der Waals surface area contributed by atoms with Gasteiger partial charge in [0.15, 0.2) is 9.84 Å². The maximum atomic E-state index is 13.7. The number of sulfone groups is 1. The molecule has 9 nitrogen and oxygen atoms in total. The van der Waals surface area contributed by atoms with E-state index in [1.54, 1.807) is 37.8 Å². The number of carbonyl (C=O) groups is 3. The molecule has 2 amide bonds. The lowest BCUT2D eigenvalue weighted by atomic mass is 9.72. The SMILES string of the molecule is COC(=O)c1ccc(-c2cccc([C@@H]3N(C(=O)OC(C)(C)C)CC[C@@]34C(=O)Nc3ccccc34)c2)cc1S(C)(=O)=O. The molecule has 1 N–H and O–H groups in total. The summed E-state index contributed by atoms with van der Waals surface area (Å²) in [6.45, 7) is 5.68. The third-order valence-electron chi connectivity index (χ3n) is 7.54. The van der Waals surface area contributed by atoms with Gasteiger partial charge < -0.3 is 14.8 Å². The molecule has 41 heavy (non-hydrogen) atoms. The molecule has 1 spiro atoms. The third-order valence-corrected chi connectivity index (χ3v) is 8.67. The monoisotopic (exact) mass is 576 g/mol. The zero-order chi connectivity index (χ0) is 29.7. The van der Waals surface area contributed by atoms with Gasteiger partial charge in [-0.05, 0) is 73.7 Å². The molecule has 0 saturated carbocycles. The molecule has 214 valence electrons. The Morgan fingerprint density at radius 1 is 1.00 bits per heavy atom. The van der Waals surface area contributed by atoms with Gasteiger partial charge in [0.1, 0.15) is 11.0 Å². The highest BCUT2D eigenvalue weighted by Gasteiger charge is 2.60. The maximum Gasteiger partial charge on any atom is 0.410 e. The van der Waals surface area contributed by atoms with Crippen LogP contribution in [0, 0.1) is 0 Å². The van der Waals surface area contributed by atoms with E-state index in [4.69, 9.17) is 9.47 Å². The molecule has 1 fully saturated rings. The molecule has 0 bridgehead atoms. The topological polar surface area (TPSA) is 119 Å². The summed E-state index contributed by atoms with van der Waals surface area (Å²) in [5.41, 5.74) is 1.58. The summed E-state index contributed by atoms with van der Waals surface area (Å²) in [6.07, 6.45) is 0.908. The summed E-state index contributed by atoms with van der Waals surface area (Å²) in [5, 5.41) is 3.00. The molecule has 2 aliphatic rings. The van der Waals surface area contributed by atoms with Crippen molar-refractivity contribution in [2.24, 2.45) is 0 Å². The Morgan fingerprint density at radius 3 is 2.39 bits per heavy atom. The summed E-state index contributed by atoms with van der Waals surface area (Å²) in [7, 11) is -2.57. The first-order chi connectivity index (χ1) is 19.3. The summed E-state index contributed by atoms with van der Waals surface area (Å²) in [4.78, 5) is 40.9. The number of likely N-dealkylation sites (tertiary alicyclic amines) is 1. The smallest absolute Gasteiger partial charge is 0.410 e. The van der Waals surface area contributed by atoms with Crippen molar-refractivity contribution in [3.8, 4) is 11.1 Å². The molecule has 3 aromatic carbocycles. The van der Waals surface area contributed by atoms with Crippen LogP contribution in [-0.2, 0) is 29.5 Å². The summed E-state index contributed by atoms with van der Waals surface area (Å²) in [5.74, 6) is -0.945. The van der Waals surface area contributed by atoms with E-state index in [2.05, 4.69) is 5.32 Å². The summed E-state index contributed by atoms with van der Waals surface area (Å²) in [6, 6.07) is 18.6. The van der Waals surface area contributed by atoms with E-state index >= 15 is 0 Å². The van der Waals surface area contributed by atoms with E-state index in [0.29, 0.717) is 35.3 Å². The zero-order valence-electron chi connectivity index (χ0n) is 23.6.